The normalized spacial score (nSPS) is 11.5. The van der Waals surface area contributed by atoms with Crippen LogP contribution in [-0.2, 0) is 20.8 Å². The summed E-state index contributed by atoms with van der Waals surface area (Å²) in [6.45, 7) is 7.78. The van der Waals surface area contributed by atoms with Crippen LogP contribution in [0.3, 0.4) is 0 Å². The predicted molar refractivity (Wildman–Crippen MR) is 128 cm³/mol. The van der Waals surface area contributed by atoms with E-state index in [0.717, 1.165) is 18.8 Å². The van der Waals surface area contributed by atoms with Crippen molar-refractivity contribution in [3.05, 3.63) is 58.4 Å². The van der Waals surface area contributed by atoms with Crippen LogP contribution in [0.25, 0.3) is 10.2 Å². The number of hydrogen-bond acceptors (Lipinski definition) is 7. The summed E-state index contributed by atoms with van der Waals surface area (Å²) >= 11 is 1.22. The standard InChI is InChI=1S/C24H27N3O5S/c1-5-26(6-2)18-11-8-16(9-12-18)22(29)25-24-27(15-21(28)32-7-3)19-13-10-17(23(30)31-4)14-20(19)33-24/h8-14H,5-7,15H2,1-4H3. The average molecular weight is 470 g/mol. The van der Waals surface area contributed by atoms with Crippen molar-refractivity contribution < 1.29 is 23.9 Å². The Labute approximate surface area is 196 Å². The van der Waals surface area contributed by atoms with Gasteiger partial charge in [0.05, 0.1) is 29.5 Å². The third-order valence-corrected chi connectivity index (χ3v) is 6.18. The number of fused-ring (bicyclic) bond motifs is 1. The molecule has 2 aromatic carbocycles. The molecule has 0 radical (unpaired) electrons. The minimum absolute atomic E-state index is 0.0988. The fourth-order valence-electron chi connectivity index (χ4n) is 3.45. The predicted octanol–water partition coefficient (Wildman–Crippen LogP) is 3.64. The molecule has 1 aromatic heterocycles. The van der Waals surface area contributed by atoms with Crippen LogP contribution in [0.2, 0.25) is 0 Å². The highest BCUT2D eigenvalue weighted by atomic mass is 32.1. The summed E-state index contributed by atoms with van der Waals surface area (Å²) in [5.74, 6) is -1.32. The number of carbonyl (C=O) groups excluding carboxylic acids is 3. The zero-order valence-corrected chi connectivity index (χ0v) is 20.0. The molecule has 0 saturated heterocycles. The molecule has 0 aliphatic heterocycles. The molecule has 1 amide bonds. The number of nitrogens with zero attached hydrogens (tertiary/aromatic N) is 3. The first kappa shape index (κ1) is 24.2. The first-order valence-corrected chi connectivity index (χ1v) is 11.5. The summed E-state index contributed by atoms with van der Waals surface area (Å²) < 4.78 is 12.2. The topological polar surface area (TPSA) is 90.2 Å². The van der Waals surface area contributed by atoms with Crippen molar-refractivity contribution in [2.45, 2.75) is 27.3 Å². The number of hydrogen-bond donors (Lipinski definition) is 0. The number of methoxy groups -OCH3 is 1. The van der Waals surface area contributed by atoms with E-state index >= 15 is 0 Å². The maximum Gasteiger partial charge on any atom is 0.337 e. The maximum absolute atomic E-state index is 12.9. The molecule has 33 heavy (non-hydrogen) atoms. The van der Waals surface area contributed by atoms with E-state index in [1.165, 1.54) is 18.4 Å². The van der Waals surface area contributed by atoms with Crippen LogP contribution in [0.5, 0.6) is 0 Å². The molecule has 174 valence electrons. The molecule has 9 heteroatoms. The van der Waals surface area contributed by atoms with E-state index in [1.807, 2.05) is 12.1 Å². The van der Waals surface area contributed by atoms with E-state index in [9.17, 15) is 14.4 Å². The van der Waals surface area contributed by atoms with Crippen LogP contribution in [0, 0.1) is 0 Å². The highest BCUT2D eigenvalue weighted by Gasteiger charge is 2.15. The average Bonchev–Trinajstić information content (AvgIpc) is 3.15. The van der Waals surface area contributed by atoms with Gasteiger partial charge >= 0.3 is 11.9 Å². The lowest BCUT2D eigenvalue weighted by atomic mass is 10.2. The van der Waals surface area contributed by atoms with Crippen LogP contribution in [0.15, 0.2) is 47.5 Å². The number of anilines is 1. The molecule has 0 spiro atoms. The monoisotopic (exact) mass is 469 g/mol. The summed E-state index contributed by atoms with van der Waals surface area (Å²) in [4.78, 5) is 43.9. The SMILES string of the molecule is CCOC(=O)Cn1c(=NC(=O)c2ccc(N(CC)CC)cc2)sc2cc(C(=O)OC)ccc21. The van der Waals surface area contributed by atoms with E-state index in [2.05, 4.69) is 23.7 Å². The Hall–Kier alpha value is -3.46. The molecule has 3 aromatic rings. The zero-order valence-electron chi connectivity index (χ0n) is 19.2. The van der Waals surface area contributed by atoms with Crippen molar-refractivity contribution in [1.82, 2.24) is 4.57 Å². The fourth-order valence-corrected chi connectivity index (χ4v) is 4.51. The highest BCUT2D eigenvalue weighted by molar-refractivity contribution is 7.16. The van der Waals surface area contributed by atoms with Gasteiger partial charge in [-0.2, -0.15) is 4.99 Å². The Morgan fingerprint density at radius 3 is 2.27 bits per heavy atom. The molecule has 8 nitrogen and oxygen atoms in total. The Morgan fingerprint density at radius 2 is 1.67 bits per heavy atom. The zero-order chi connectivity index (χ0) is 24.0. The largest absolute Gasteiger partial charge is 0.465 e. The molecule has 0 saturated carbocycles. The van der Waals surface area contributed by atoms with Gasteiger partial charge in [0, 0.05) is 24.3 Å². The Morgan fingerprint density at radius 1 is 1.00 bits per heavy atom. The number of thiazole rings is 1. The smallest absolute Gasteiger partial charge is 0.337 e. The number of aromatic nitrogens is 1. The van der Waals surface area contributed by atoms with E-state index < -0.39 is 17.8 Å². The summed E-state index contributed by atoms with van der Waals surface area (Å²) in [7, 11) is 1.31. The molecule has 0 N–H and O–H groups in total. The van der Waals surface area contributed by atoms with Crippen LogP contribution in [-0.4, -0.2) is 49.2 Å². The minimum atomic E-state index is -0.468. The lowest BCUT2D eigenvalue weighted by molar-refractivity contribution is -0.143. The number of esters is 2. The van der Waals surface area contributed by atoms with E-state index in [4.69, 9.17) is 9.47 Å². The third-order valence-electron chi connectivity index (χ3n) is 5.14. The number of ether oxygens (including phenoxy) is 2. The third kappa shape index (κ3) is 5.48. The van der Waals surface area contributed by atoms with E-state index in [0.29, 0.717) is 26.1 Å². The number of amides is 1. The summed E-state index contributed by atoms with van der Waals surface area (Å²) in [6.07, 6.45) is 0. The summed E-state index contributed by atoms with van der Waals surface area (Å²) in [5.41, 5.74) is 2.52. The Kier molecular flexibility index (Phi) is 8.00. The van der Waals surface area contributed by atoms with Crippen molar-refractivity contribution in [2.75, 3.05) is 31.7 Å². The number of benzene rings is 2. The molecule has 0 aliphatic rings. The van der Waals surface area contributed by atoms with Crippen LogP contribution in [0.4, 0.5) is 5.69 Å². The summed E-state index contributed by atoms with van der Waals surface area (Å²) in [5, 5.41) is 0. The van der Waals surface area contributed by atoms with Crippen molar-refractivity contribution in [3.8, 4) is 0 Å². The molecule has 0 aliphatic carbocycles. The molecular formula is C24H27N3O5S. The first-order valence-electron chi connectivity index (χ1n) is 10.7. The van der Waals surface area contributed by atoms with Gasteiger partial charge in [0.1, 0.15) is 6.54 Å². The van der Waals surface area contributed by atoms with Crippen molar-refractivity contribution in [1.29, 1.82) is 0 Å². The second-order valence-electron chi connectivity index (χ2n) is 7.09. The first-order chi connectivity index (χ1) is 15.9. The van der Waals surface area contributed by atoms with Crippen molar-refractivity contribution in [3.63, 3.8) is 0 Å². The van der Waals surface area contributed by atoms with Gasteiger partial charge in [0.2, 0.25) is 0 Å². The molecule has 0 bridgehead atoms. The van der Waals surface area contributed by atoms with E-state index in [-0.39, 0.29) is 13.2 Å². The second-order valence-corrected chi connectivity index (χ2v) is 8.10. The van der Waals surface area contributed by atoms with Crippen molar-refractivity contribution in [2.24, 2.45) is 4.99 Å². The minimum Gasteiger partial charge on any atom is -0.465 e. The summed E-state index contributed by atoms with van der Waals surface area (Å²) in [6, 6.07) is 12.3. The van der Waals surface area contributed by atoms with Gasteiger partial charge in [-0.05, 0) is 63.2 Å². The van der Waals surface area contributed by atoms with Gasteiger partial charge in [-0.1, -0.05) is 11.3 Å². The number of carbonyl (C=O) groups is 3. The molecule has 1 heterocycles. The number of rotatable bonds is 8. The van der Waals surface area contributed by atoms with E-state index in [1.54, 1.807) is 41.8 Å². The van der Waals surface area contributed by atoms with Crippen LogP contribution >= 0.6 is 11.3 Å². The van der Waals surface area contributed by atoms with Crippen LogP contribution in [0.1, 0.15) is 41.5 Å². The molecule has 0 atom stereocenters. The highest BCUT2D eigenvalue weighted by Crippen LogP contribution is 2.21. The lowest BCUT2D eigenvalue weighted by Crippen LogP contribution is -2.23. The molecule has 3 rings (SSSR count). The van der Waals surface area contributed by atoms with Gasteiger partial charge < -0.3 is 18.9 Å². The molecule has 0 unspecified atom stereocenters. The van der Waals surface area contributed by atoms with Gasteiger partial charge in [-0.25, -0.2) is 4.79 Å². The molecular weight excluding hydrogens is 442 g/mol. The van der Waals surface area contributed by atoms with Crippen molar-refractivity contribution >= 4 is 45.1 Å². The quantitative estimate of drug-likeness (QED) is 0.468. The lowest BCUT2D eigenvalue weighted by Gasteiger charge is -2.20. The van der Waals surface area contributed by atoms with Crippen LogP contribution < -0.4 is 9.70 Å². The van der Waals surface area contributed by atoms with Gasteiger partial charge in [-0.15, -0.1) is 0 Å². The molecule has 0 fully saturated rings. The van der Waals surface area contributed by atoms with Gasteiger partial charge in [-0.3, -0.25) is 9.59 Å². The Bertz CT molecular complexity index is 1220. The van der Waals surface area contributed by atoms with Gasteiger partial charge in [0.25, 0.3) is 5.91 Å². The van der Waals surface area contributed by atoms with Gasteiger partial charge in [0.15, 0.2) is 4.80 Å². The fraction of sp³-hybridized carbons (Fsp3) is 0.333. The maximum atomic E-state index is 12.9. The second kappa shape index (κ2) is 10.9. The Balaban J connectivity index is 2.04.